The van der Waals surface area contributed by atoms with Crippen LogP contribution in [0.5, 0.6) is 0 Å². The fourth-order valence-corrected chi connectivity index (χ4v) is 3.44. The molecule has 0 aliphatic rings. The van der Waals surface area contributed by atoms with E-state index in [0.29, 0.717) is 17.0 Å². The van der Waals surface area contributed by atoms with E-state index < -0.39 is 17.6 Å². The molecule has 0 amide bonds. The Hall–Kier alpha value is -1.57. The first-order chi connectivity index (χ1) is 11.8. The highest BCUT2D eigenvalue weighted by molar-refractivity contribution is 7.98. The lowest BCUT2D eigenvalue weighted by Gasteiger charge is -2.29. The Bertz CT molecular complexity index is 746. The molecule has 2 unspecified atom stereocenters. The monoisotopic (exact) mass is 366 g/mol. The van der Waals surface area contributed by atoms with Gasteiger partial charge in [-0.1, -0.05) is 13.3 Å². The number of aliphatic hydroxyl groups is 1. The first-order valence-corrected chi connectivity index (χ1v) is 9.80. The Morgan fingerprint density at radius 1 is 1.52 bits per heavy atom. The summed E-state index contributed by atoms with van der Waals surface area (Å²) in [6.45, 7) is 4.01. The van der Waals surface area contributed by atoms with Crippen molar-refractivity contribution in [3.8, 4) is 0 Å². The first kappa shape index (κ1) is 19.8. The molecule has 0 bridgehead atoms. The van der Waals surface area contributed by atoms with Crippen molar-refractivity contribution in [2.75, 3.05) is 12.0 Å². The zero-order valence-electron chi connectivity index (χ0n) is 14.9. The summed E-state index contributed by atoms with van der Waals surface area (Å²) in [6.07, 6.45) is 6.20. The number of aryl methyl sites for hydroxylation is 2. The van der Waals surface area contributed by atoms with Crippen LogP contribution in [-0.2, 0) is 17.6 Å². The molecule has 138 valence electrons. The van der Waals surface area contributed by atoms with Crippen LogP contribution in [-0.4, -0.2) is 44.8 Å². The Balaban J connectivity index is 2.43. The molecule has 6 nitrogen and oxygen atoms in total. The summed E-state index contributed by atoms with van der Waals surface area (Å²) in [6, 6.07) is 1.01. The van der Waals surface area contributed by atoms with E-state index in [1.54, 1.807) is 6.20 Å². The molecule has 0 saturated heterocycles. The van der Waals surface area contributed by atoms with Crippen LogP contribution in [0.4, 0.5) is 0 Å². The summed E-state index contributed by atoms with van der Waals surface area (Å²) in [7, 11) is 0. The molecule has 25 heavy (non-hydrogen) atoms. The van der Waals surface area contributed by atoms with E-state index in [1.165, 1.54) is 11.8 Å². The second kappa shape index (κ2) is 8.21. The number of carbonyl (C=O) groups is 1. The van der Waals surface area contributed by atoms with E-state index in [-0.39, 0.29) is 6.42 Å². The number of pyridine rings is 1. The molecule has 4 N–H and O–H groups in total. The lowest BCUT2D eigenvalue weighted by molar-refractivity contribution is -0.160. The van der Waals surface area contributed by atoms with Gasteiger partial charge in [-0.05, 0) is 25.7 Å². The number of nitrogens with two attached hydrogens (primary N) is 1. The van der Waals surface area contributed by atoms with Gasteiger partial charge in [-0.15, -0.1) is 0 Å². The molecule has 2 aromatic rings. The van der Waals surface area contributed by atoms with Crippen LogP contribution in [0.3, 0.4) is 0 Å². The van der Waals surface area contributed by atoms with E-state index >= 15 is 0 Å². The third-order valence-corrected chi connectivity index (χ3v) is 5.10. The van der Waals surface area contributed by atoms with Gasteiger partial charge in [0.1, 0.15) is 11.3 Å². The number of furan rings is 1. The number of carboxylic acids is 1. The van der Waals surface area contributed by atoms with Crippen LogP contribution in [0.1, 0.15) is 36.8 Å². The van der Waals surface area contributed by atoms with Crippen LogP contribution >= 0.6 is 11.8 Å². The predicted molar refractivity (Wildman–Crippen MR) is 100 cm³/mol. The molecule has 0 saturated carbocycles. The predicted octanol–water partition coefficient (Wildman–Crippen LogP) is 2.53. The van der Waals surface area contributed by atoms with Gasteiger partial charge in [0, 0.05) is 35.7 Å². The van der Waals surface area contributed by atoms with Gasteiger partial charge in [0.05, 0.1) is 11.7 Å². The molecule has 0 aliphatic carbocycles. The van der Waals surface area contributed by atoms with Gasteiger partial charge in [0.2, 0.25) is 0 Å². The fourth-order valence-electron chi connectivity index (χ4n) is 2.81. The van der Waals surface area contributed by atoms with Gasteiger partial charge < -0.3 is 20.4 Å². The van der Waals surface area contributed by atoms with Gasteiger partial charge in [0.15, 0.2) is 5.60 Å². The summed E-state index contributed by atoms with van der Waals surface area (Å²) in [5, 5.41) is 21.0. The SMILES string of the molecule is CCCCc1cc2c(CC(O)(C(=O)O)C(N)CSC)ncc(C)c2o1. The Morgan fingerprint density at radius 2 is 2.24 bits per heavy atom. The number of fused-ring (bicyclic) bond motifs is 1. The summed E-state index contributed by atoms with van der Waals surface area (Å²) >= 11 is 1.40. The number of hydrogen-bond acceptors (Lipinski definition) is 6. The quantitative estimate of drug-likeness (QED) is 0.625. The molecule has 0 radical (unpaired) electrons. The summed E-state index contributed by atoms with van der Waals surface area (Å²) in [5.74, 6) is -0.147. The summed E-state index contributed by atoms with van der Waals surface area (Å²) < 4.78 is 5.92. The third kappa shape index (κ3) is 4.16. The highest BCUT2D eigenvalue weighted by Crippen LogP contribution is 2.29. The highest BCUT2D eigenvalue weighted by Gasteiger charge is 2.43. The number of unbranched alkanes of at least 4 members (excludes halogenated alkanes) is 1. The van der Waals surface area contributed by atoms with E-state index in [0.717, 1.165) is 36.0 Å². The minimum absolute atomic E-state index is 0.159. The van der Waals surface area contributed by atoms with Crippen LogP contribution in [0, 0.1) is 6.92 Å². The van der Waals surface area contributed by atoms with E-state index in [9.17, 15) is 15.0 Å². The maximum absolute atomic E-state index is 11.7. The van der Waals surface area contributed by atoms with Crippen molar-refractivity contribution in [2.45, 2.75) is 51.2 Å². The Morgan fingerprint density at radius 3 is 2.84 bits per heavy atom. The second-order valence-corrected chi connectivity index (χ2v) is 7.33. The van der Waals surface area contributed by atoms with Crippen molar-refractivity contribution >= 4 is 28.7 Å². The van der Waals surface area contributed by atoms with Crippen LogP contribution in [0.15, 0.2) is 16.7 Å². The maximum atomic E-state index is 11.7. The summed E-state index contributed by atoms with van der Waals surface area (Å²) in [5.41, 5.74) is 5.96. The lowest BCUT2D eigenvalue weighted by Crippen LogP contribution is -2.57. The van der Waals surface area contributed by atoms with Gasteiger partial charge in [-0.2, -0.15) is 11.8 Å². The zero-order valence-corrected chi connectivity index (χ0v) is 15.7. The smallest absolute Gasteiger partial charge is 0.337 e. The van der Waals surface area contributed by atoms with Crippen molar-refractivity contribution in [2.24, 2.45) is 5.73 Å². The minimum atomic E-state index is -2.07. The standard InChI is InChI=1S/C18H26N2O4S/c1-4-5-6-12-7-13-14(20-9-11(2)16(13)24-12)8-18(23,17(21)22)15(19)10-25-3/h7,9,15,23H,4-6,8,10,19H2,1-3H3,(H,21,22). The fraction of sp³-hybridized carbons (Fsp3) is 0.556. The van der Waals surface area contributed by atoms with E-state index in [2.05, 4.69) is 11.9 Å². The van der Waals surface area contributed by atoms with Gasteiger partial charge >= 0.3 is 5.97 Å². The highest BCUT2D eigenvalue weighted by atomic mass is 32.2. The molecular formula is C18H26N2O4S. The molecule has 2 aromatic heterocycles. The number of carboxylic acid groups (broad SMARTS) is 1. The second-order valence-electron chi connectivity index (χ2n) is 6.41. The number of thioether (sulfide) groups is 1. The molecule has 0 aliphatic heterocycles. The van der Waals surface area contributed by atoms with Crippen molar-refractivity contribution in [1.29, 1.82) is 0 Å². The molecular weight excluding hydrogens is 340 g/mol. The Kier molecular flexibility index (Phi) is 6.48. The molecule has 0 fully saturated rings. The average Bonchev–Trinajstić information content (AvgIpc) is 3.00. The van der Waals surface area contributed by atoms with Crippen LogP contribution < -0.4 is 5.73 Å². The maximum Gasteiger partial charge on any atom is 0.337 e. The topological polar surface area (TPSA) is 110 Å². The van der Waals surface area contributed by atoms with Gasteiger partial charge in [0.25, 0.3) is 0 Å². The molecule has 2 rings (SSSR count). The molecule has 0 spiro atoms. The number of aliphatic carboxylic acids is 1. The van der Waals surface area contributed by atoms with Crippen LogP contribution in [0.2, 0.25) is 0 Å². The average molecular weight is 366 g/mol. The van der Waals surface area contributed by atoms with Crippen molar-refractivity contribution < 1.29 is 19.4 Å². The molecule has 0 aromatic carbocycles. The largest absolute Gasteiger partial charge is 0.479 e. The molecule has 2 atom stereocenters. The van der Waals surface area contributed by atoms with Crippen molar-refractivity contribution in [3.63, 3.8) is 0 Å². The van der Waals surface area contributed by atoms with Crippen molar-refractivity contribution in [1.82, 2.24) is 4.98 Å². The van der Waals surface area contributed by atoms with E-state index in [4.69, 9.17) is 10.2 Å². The Labute approximate surface area is 151 Å². The number of aromatic nitrogens is 1. The molecule has 2 heterocycles. The third-order valence-electron chi connectivity index (χ3n) is 4.41. The zero-order chi connectivity index (χ0) is 18.6. The number of rotatable bonds is 9. The van der Waals surface area contributed by atoms with Crippen LogP contribution in [0.25, 0.3) is 11.0 Å². The summed E-state index contributed by atoms with van der Waals surface area (Å²) in [4.78, 5) is 16.1. The number of hydrogen-bond donors (Lipinski definition) is 3. The van der Waals surface area contributed by atoms with Gasteiger partial charge in [-0.3, -0.25) is 4.98 Å². The molecule has 7 heteroatoms. The van der Waals surface area contributed by atoms with Crippen molar-refractivity contribution in [3.05, 3.63) is 29.3 Å². The first-order valence-electron chi connectivity index (χ1n) is 8.40. The minimum Gasteiger partial charge on any atom is -0.479 e. The van der Waals surface area contributed by atoms with Gasteiger partial charge in [-0.25, -0.2) is 4.79 Å². The lowest BCUT2D eigenvalue weighted by atomic mass is 9.89. The number of nitrogens with zero attached hydrogens (tertiary/aromatic N) is 1. The normalized spacial score (nSPS) is 15.2. The van der Waals surface area contributed by atoms with E-state index in [1.807, 2.05) is 19.2 Å².